The number of nitrogens with zero attached hydrogens (tertiary/aromatic N) is 2. The maximum absolute atomic E-state index is 12.9. The molecule has 1 aromatic heterocycles. The standard InChI is InChI=1S/C22H31N3O3S2/c1-22(2,3)9-10-24-11-13-25(14-12-24)21(26)18-6-4-8-20(16-18)30(27,28)23-17-19-7-5-15-29-19/h4-8,15-16,23H,9-14,17H2,1-3H3. The fraction of sp³-hybridized carbons (Fsp3) is 0.500. The van der Waals surface area contributed by atoms with Gasteiger partial charge in [0, 0.05) is 43.2 Å². The normalized spacial score (nSPS) is 16.0. The van der Waals surface area contributed by atoms with Crippen LogP contribution in [-0.4, -0.2) is 56.8 Å². The predicted molar refractivity (Wildman–Crippen MR) is 121 cm³/mol. The molecule has 3 rings (SSSR count). The summed E-state index contributed by atoms with van der Waals surface area (Å²) in [6.45, 7) is 11.0. The number of thiophene rings is 1. The molecule has 2 aromatic rings. The molecule has 1 fully saturated rings. The molecule has 0 saturated carbocycles. The van der Waals surface area contributed by atoms with Crippen LogP contribution >= 0.6 is 11.3 Å². The second-order valence-corrected chi connectivity index (χ2v) is 11.7. The molecule has 6 nitrogen and oxygen atoms in total. The quantitative estimate of drug-likeness (QED) is 0.703. The van der Waals surface area contributed by atoms with Crippen LogP contribution in [0.15, 0.2) is 46.7 Å². The molecule has 1 aromatic carbocycles. The number of hydrogen-bond acceptors (Lipinski definition) is 5. The van der Waals surface area contributed by atoms with Crippen LogP contribution < -0.4 is 4.72 Å². The van der Waals surface area contributed by atoms with E-state index in [0.717, 1.165) is 30.9 Å². The summed E-state index contributed by atoms with van der Waals surface area (Å²) < 4.78 is 27.9. The molecular formula is C22H31N3O3S2. The highest BCUT2D eigenvalue weighted by molar-refractivity contribution is 7.89. The minimum atomic E-state index is -3.68. The van der Waals surface area contributed by atoms with Gasteiger partial charge in [-0.05, 0) is 48.0 Å². The number of carbonyl (C=O) groups excluding carboxylic acids is 1. The van der Waals surface area contributed by atoms with Crippen molar-refractivity contribution in [2.24, 2.45) is 5.41 Å². The Morgan fingerprint density at radius 1 is 1.10 bits per heavy atom. The fourth-order valence-electron chi connectivity index (χ4n) is 3.31. The highest BCUT2D eigenvalue weighted by atomic mass is 32.2. The highest BCUT2D eigenvalue weighted by Gasteiger charge is 2.24. The van der Waals surface area contributed by atoms with Crippen LogP contribution in [-0.2, 0) is 16.6 Å². The van der Waals surface area contributed by atoms with Gasteiger partial charge in [0.15, 0.2) is 0 Å². The second-order valence-electron chi connectivity index (χ2n) is 8.88. The van der Waals surface area contributed by atoms with Crippen molar-refractivity contribution >= 4 is 27.3 Å². The highest BCUT2D eigenvalue weighted by Crippen LogP contribution is 2.20. The molecule has 0 radical (unpaired) electrons. The second kappa shape index (κ2) is 9.60. The van der Waals surface area contributed by atoms with Crippen molar-refractivity contribution in [2.45, 2.75) is 38.6 Å². The van der Waals surface area contributed by atoms with Crippen LogP contribution in [0.1, 0.15) is 42.4 Å². The molecule has 2 heterocycles. The van der Waals surface area contributed by atoms with E-state index in [1.54, 1.807) is 12.1 Å². The van der Waals surface area contributed by atoms with E-state index < -0.39 is 10.0 Å². The van der Waals surface area contributed by atoms with Crippen molar-refractivity contribution in [2.75, 3.05) is 32.7 Å². The molecular weight excluding hydrogens is 418 g/mol. The van der Waals surface area contributed by atoms with E-state index in [9.17, 15) is 13.2 Å². The predicted octanol–water partition coefficient (Wildman–Crippen LogP) is 3.42. The molecule has 0 spiro atoms. The number of hydrogen-bond donors (Lipinski definition) is 1. The number of piperazine rings is 1. The molecule has 1 N–H and O–H groups in total. The molecule has 8 heteroatoms. The third-order valence-corrected chi connectivity index (χ3v) is 7.52. The van der Waals surface area contributed by atoms with Crippen molar-refractivity contribution in [3.63, 3.8) is 0 Å². The average molecular weight is 450 g/mol. The smallest absolute Gasteiger partial charge is 0.253 e. The van der Waals surface area contributed by atoms with Gasteiger partial charge in [-0.2, -0.15) is 0 Å². The summed E-state index contributed by atoms with van der Waals surface area (Å²) in [6.07, 6.45) is 1.12. The Labute approximate surface area is 183 Å². The Bertz CT molecular complexity index is 942. The van der Waals surface area contributed by atoms with Crippen LogP contribution in [0.3, 0.4) is 0 Å². The molecule has 1 amide bonds. The summed E-state index contributed by atoms with van der Waals surface area (Å²) in [4.78, 5) is 18.2. The summed E-state index contributed by atoms with van der Waals surface area (Å²) in [5, 5.41) is 1.91. The number of nitrogens with one attached hydrogen (secondary N) is 1. The molecule has 1 aliphatic heterocycles. The zero-order chi connectivity index (χ0) is 21.8. The SMILES string of the molecule is CC(C)(C)CCN1CCN(C(=O)c2cccc(S(=O)(=O)NCc3cccs3)c2)CC1. The Morgan fingerprint density at radius 3 is 2.47 bits per heavy atom. The first kappa shape index (κ1) is 22.9. The van der Waals surface area contributed by atoms with E-state index >= 15 is 0 Å². The van der Waals surface area contributed by atoms with Crippen molar-refractivity contribution in [3.8, 4) is 0 Å². The summed E-state index contributed by atoms with van der Waals surface area (Å²) >= 11 is 1.50. The molecule has 164 valence electrons. The lowest BCUT2D eigenvalue weighted by Gasteiger charge is -2.36. The van der Waals surface area contributed by atoms with Gasteiger partial charge < -0.3 is 4.90 Å². The topological polar surface area (TPSA) is 69.7 Å². The van der Waals surface area contributed by atoms with Crippen molar-refractivity contribution in [3.05, 3.63) is 52.2 Å². The van der Waals surface area contributed by atoms with Gasteiger partial charge in [0.2, 0.25) is 10.0 Å². The lowest BCUT2D eigenvalue weighted by molar-refractivity contribution is 0.0623. The van der Waals surface area contributed by atoms with Crippen LogP contribution in [0.4, 0.5) is 0 Å². The average Bonchev–Trinajstić information content (AvgIpc) is 3.24. The van der Waals surface area contributed by atoms with Crippen molar-refractivity contribution in [1.29, 1.82) is 0 Å². The Morgan fingerprint density at radius 2 is 1.83 bits per heavy atom. The van der Waals surface area contributed by atoms with E-state index in [1.807, 2.05) is 22.4 Å². The number of carbonyl (C=O) groups is 1. The number of benzene rings is 1. The van der Waals surface area contributed by atoms with Gasteiger partial charge in [0.25, 0.3) is 5.91 Å². The maximum Gasteiger partial charge on any atom is 0.253 e. The lowest BCUT2D eigenvalue weighted by atomic mass is 9.92. The summed E-state index contributed by atoms with van der Waals surface area (Å²) in [6, 6.07) is 10.1. The van der Waals surface area contributed by atoms with Gasteiger partial charge in [0.1, 0.15) is 0 Å². The molecule has 1 aliphatic rings. The summed E-state index contributed by atoms with van der Waals surface area (Å²) in [5.74, 6) is -0.110. The van der Waals surface area contributed by atoms with Crippen LogP contribution in [0.5, 0.6) is 0 Å². The summed E-state index contributed by atoms with van der Waals surface area (Å²) in [7, 11) is -3.68. The Balaban J connectivity index is 1.59. The van der Waals surface area contributed by atoms with E-state index in [-0.39, 0.29) is 17.3 Å². The first-order chi connectivity index (χ1) is 14.1. The first-order valence-corrected chi connectivity index (χ1v) is 12.6. The lowest BCUT2D eigenvalue weighted by Crippen LogP contribution is -2.49. The van der Waals surface area contributed by atoms with Crippen LogP contribution in [0.2, 0.25) is 0 Å². The van der Waals surface area contributed by atoms with E-state index in [4.69, 9.17) is 0 Å². The molecule has 0 unspecified atom stereocenters. The fourth-order valence-corrected chi connectivity index (χ4v) is 5.10. The molecule has 30 heavy (non-hydrogen) atoms. The van der Waals surface area contributed by atoms with Gasteiger partial charge in [-0.15, -0.1) is 11.3 Å². The van der Waals surface area contributed by atoms with E-state index in [0.29, 0.717) is 24.1 Å². The van der Waals surface area contributed by atoms with Gasteiger partial charge >= 0.3 is 0 Å². The monoisotopic (exact) mass is 449 g/mol. The molecule has 0 aliphatic carbocycles. The molecule has 1 saturated heterocycles. The van der Waals surface area contributed by atoms with Crippen LogP contribution in [0, 0.1) is 5.41 Å². The van der Waals surface area contributed by atoms with Gasteiger partial charge in [-0.1, -0.05) is 32.9 Å². The maximum atomic E-state index is 12.9. The number of amides is 1. The van der Waals surface area contributed by atoms with E-state index in [2.05, 4.69) is 30.4 Å². The molecule has 0 atom stereocenters. The minimum absolute atomic E-state index is 0.110. The third kappa shape index (κ3) is 6.38. The van der Waals surface area contributed by atoms with Crippen molar-refractivity contribution in [1.82, 2.24) is 14.5 Å². The van der Waals surface area contributed by atoms with Crippen molar-refractivity contribution < 1.29 is 13.2 Å². The first-order valence-electron chi connectivity index (χ1n) is 10.3. The number of sulfonamides is 1. The van der Waals surface area contributed by atoms with Crippen LogP contribution in [0.25, 0.3) is 0 Å². The van der Waals surface area contributed by atoms with Gasteiger partial charge in [0.05, 0.1) is 4.90 Å². The summed E-state index contributed by atoms with van der Waals surface area (Å²) in [5.41, 5.74) is 0.716. The Hall–Kier alpha value is -1.74. The molecule has 0 bridgehead atoms. The Kier molecular flexibility index (Phi) is 7.34. The van der Waals surface area contributed by atoms with Gasteiger partial charge in [-0.3, -0.25) is 9.69 Å². The van der Waals surface area contributed by atoms with Gasteiger partial charge in [-0.25, -0.2) is 13.1 Å². The number of rotatable bonds is 7. The zero-order valence-corrected chi connectivity index (χ0v) is 19.6. The third-order valence-electron chi connectivity index (χ3n) is 5.25. The largest absolute Gasteiger partial charge is 0.336 e. The van der Waals surface area contributed by atoms with E-state index in [1.165, 1.54) is 23.5 Å². The minimum Gasteiger partial charge on any atom is -0.336 e. The zero-order valence-electron chi connectivity index (χ0n) is 17.9.